The predicted molar refractivity (Wildman–Crippen MR) is 107 cm³/mol. The number of rotatable bonds is 0. The van der Waals surface area contributed by atoms with Crippen LogP contribution in [-0.2, 0) is 0 Å². The highest BCUT2D eigenvalue weighted by atomic mass is 14.9. The van der Waals surface area contributed by atoms with Crippen LogP contribution in [0.25, 0.3) is 47.1 Å². The van der Waals surface area contributed by atoms with Crippen LogP contribution in [-0.4, -0.2) is 9.97 Å². The van der Waals surface area contributed by atoms with E-state index >= 15 is 0 Å². The molecule has 0 unspecified atom stereocenters. The molecule has 0 aliphatic carbocycles. The summed E-state index contributed by atoms with van der Waals surface area (Å²) in [6.45, 7) is 22.0. The predicted octanol–water partition coefficient (Wildman–Crippen LogP) is 5.20. The van der Waals surface area contributed by atoms with Gasteiger partial charge in [-0.25, -0.2) is 4.85 Å². The van der Waals surface area contributed by atoms with E-state index in [2.05, 4.69) is 24.5 Å². The molecule has 4 rings (SSSR count). The molecular formula is C22H4N8. The molecule has 0 spiro atoms. The van der Waals surface area contributed by atoms with Gasteiger partial charge in [-0.05, 0) is 29.0 Å². The number of pyridine rings is 2. The molecule has 0 atom stereocenters. The number of aromatic nitrogens is 2. The monoisotopic (exact) mass is 380 g/mol. The van der Waals surface area contributed by atoms with Gasteiger partial charge >= 0.3 is 0 Å². The molecule has 8 nitrogen and oxygen atoms in total. The standard InChI is InChI=1S/C22H4N8/c1-26-18-7-17-15-5-12(9-24)11(8-23)4-14(15)16-6-13(10-25)21(27-2)29-19(16)20(17)30-22(18)28-3/h4-7H. The molecule has 0 N–H and O–H groups in total. The molecule has 4 aromatic rings. The van der Waals surface area contributed by atoms with Gasteiger partial charge in [-0.1, -0.05) is 19.2 Å². The van der Waals surface area contributed by atoms with E-state index in [1.54, 1.807) is 0 Å². The van der Waals surface area contributed by atoms with E-state index in [1.165, 1.54) is 24.3 Å². The fourth-order valence-corrected chi connectivity index (χ4v) is 3.33. The van der Waals surface area contributed by atoms with E-state index < -0.39 is 0 Å². The van der Waals surface area contributed by atoms with E-state index in [4.69, 9.17) is 19.7 Å². The van der Waals surface area contributed by atoms with Gasteiger partial charge in [0, 0.05) is 10.8 Å². The molecule has 0 fully saturated rings. The molecule has 0 aliphatic rings. The number of fused-ring (bicyclic) bond motifs is 6. The van der Waals surface area contributed by atoms with Crippen LogP contribution in [0.1, 0.15) is 16.7 Å². The van der Waals surface area contributed by atoms with Gasteiger partial charge in [-0.2, -0.15) is 15.8 Å². The van der Waals surface area contributed by atoms with Crippen LogP contribution in [0.4, 0.5) is 17.3 Å². The summed E-state index contributed by atoms with van der Waals surface area (Å²) in [6, 6.07) is 11.9. The smallest absolute Gasteiger partial charge is 0.288 e. The van der Waals surface area contributed by atoms with Crippen molar-refractivity contribution in [2.24, 2.45) is 0 Å². The Bertz CT molecular complexity index is 1340. The number of nitriles is 3. The van der Waals surface area contributed by atoms with Gasteiger partial charge in [0.2, 0.25) is 16.7 Å². The van der Waals surface area contributed by atoms with Crippen LogP contribution in [0.15, 0.2) is 24.3 Å². The zero-order chi connectivity index (χ0) is 21.4. The third-order valence-corrected chi connectivity index (χ3v) is 4.64. The SMILES string of the molecule is [C-]#[N+]c1cc2c3cc(C#N)c(C#N)cc3c3cc(C#N)c([N+]#[C-])nc3c2nc1[N+]#[C-]. The van der Waals surface area contributed by atoms with Crippen LogP contribution < -0.4 is 0 Å². The maximum absolute atomic E-state index is 9.43. The Kier molecular flexibility index (Phi) is 3.91. The zero-order valence-corrected chi connectivity index (χ0v) is 14.9. The first kappa shape index (κ1) is 17.9. The van der Waals surface area contributed by atoms with Gasteiger partial charge in [-0.3, -0.25) is 0 Å². The third kappa shape index (κ3) is 2.34. The fourth-order valence-electron chi connectivity index (χ4n) is 3.33. The second-order valence-electron chi connectivity index (χ2n) is 6.10. The van der Waals surface area contributed by atoms with Gasteiger partial charge in [0.1, 0.15) is 12.1 Å². The summed E-state index contributed by atoms with van der Waals surface area (Å²) in [6.07, 6.45) is 0. The van der Waals surface area contributed by atoms with Gasteiger partial charge in [0.25, 0.3) is 11.6 Å². The summed E-state index contributed by atoms with van der Waals surface area (Å²) in [5.41, 5.74) is 0.950. The first-order chi connectivity index (χ1) is 14.6. The Morgan fingerprint density at radius 2 is 1.07 bits per heavy atom. The average Bonchev–Trinajstić information content (AvgIpc) is 2.81. The summed E-state index contributed by atoms with van der Waals surface area (Å²) in [4.78, 5) is 18.6. The molecular weight excluding hydrogens is 376 g/mol. The summed E-state index contributed by atoms with van der Waals surface area (Å²) in [5, 5.41) is 30.3. The first-order valence-electron chi connectivity index (χ1n) is 8.22. The third-order valence-electron chi connectivity index (χ3n) is 4.64. The van der Waals surface area contributed by atoms with E-state index in [9.17, 15) is 15.8 Å². The summed E-state index contributed by atoms with van der Waals surface area (Å²) in [7, 11) is 0. The number of nitrogens with zero attached hydrogens (tertiary/aromatic N) is 8. The van der Waals surface area contributed by atoms with Crippen molar-refractivity contribution in [1.82, 2.24) is 9.97 Å². The highest BCUT2D eigenvalue weighted by molar-refractivity contribution is 6.24. The largest absolute Gasteiger partial charge is 0.371 e. The maximum Gasteiger partial charge on any atom is 0.288 e. The van der Waals surface area contributed by atoms with Gasteiger partial charge in [0.15, 0.2) is 0 Å². The van der Waals surface area contributed by atoms with Crippen molar-refractivity contribution in [2.45, 2.75) is 0 Å². The molecule has 2 heterocycles. The quantitative estimate of drug-likeness (QED) is 0.307. The van der Waals surface area contributed by atoms with Crippen molar-refractivity contribution in [1.29, 1.82) is 15.8 Å². The molecule has 0 saturated heterocycles. The molecule has 0 saturated carbocycles. The summed E-state index contributed by atoms with van der Waals surface area (Å²) >= 11 is 0. The Morgan fingerprint density at radius 3 is 1.53 bits per heavy atom. The van der Waals surface area contributed by atoms with Crippen LogP contribution >= 0.6 is 0 Å². The lowest BCUT2D eigenvalue weighted by Gasteiger charge is -2.09. The average molecular weight is 380 g/mol. The normalized spacial score (nSPS) is 9.80. The lowest BCUT2D eigenvalue weighted by atomic mass is 9.94. The van der Waals surface area contributed by atoms with E-state index in [-0.39, 0.29) is 45.0 Å². The summed E-state index contributed by atoms with van der Waals surface area (Å²) in [5.74, 6) is -0.219. The lowest BCUT2D eigenvalue weighted by Crippen LogP contribution is -1.93. The van der Waals surface area contributed by atoms with Crippen molar-refractivity contribution in [3.8, 4) is 18.2 Å². The highest BCUT2D eigenvalue weighted by Gasteiger charge is 2.22. The van der Waals surface area contributed by atoms with Crippen molar-refractivity contribution in [3.05, 3.63) is 75.2 Å². The summed E-state index contributed by atoms with van der Waals surface area (Å²) < 4.78 is 0. The molecule has 30 heavy (non-hydrogen) atoms. The highest BCUT2D eigenvalue weighted by Crippen LogP contribution is 2.40. The Labute approximate surface area is 169 Å². The van der Waals surface area contributed by atoms with E-state index in [0.717, 1.165) is 0 Å². The Hall–Kier alpha value is -5.54. The van der Waals surface area contributed by atoms with Crippen molar-refractivity contribution < 1.29 is 0 Å². The second-order valence-corrected chi connectivity index (χ2v) is 6.10. The minimum Gasteiger partial charge on any atom is -0.371 e. The molecule has 0 aliphatic heterocycles. The Balaban J connectivity index is 2.42. The minimum absolute atomic E-state index is 0.0417. The van der Waals surface area contributed by atoms with Crippen LogP contribution in [0.5, 0.6) is 0 Å². The van der Waals surface area contributed by atoms with Crippen LogP contribution in [0.2, 0.25) is 0 Å². The first-order valence-corrected chi connectivity index (χ1v) is 8.22. The molecule has 2 aromatic carbocycles. The molecule has 0 radical (unpaired) electrons. The molecule has 2 aromatic heterocycles. The van der Waals surface area contributed by atoms with Crippen molar-refractivity contribution >= 4 is 49.9 Å². The number of hydrogen-bond donors (Lipinski definition) is 0. The lowest BCUT2D eigenvalue weighted by molar-refractivity contribution is 1.38. The van der Waals surface area contributed by atoms with Crippen molar-refractivity contribution in [2.75, 3.05) is 0 Å². The number of hydrogen-bond acceptors (Lipinski definition) is 5. The molecule has 132 valence electrons. The van der Waals surface area contributed by atoms with Crippen LogP contribution in [0.3, 0.4) is 0 Å². The van der Waals surface area contributed by atoms with Gasteiger partial charge in [0.05, 0.1) is 29.3 Å². The number of benzene rings is 2. The van der Waals surface area contributed by atoms with Gasteiger partial charge in [-0.15, -0.1) is 9.97 Å². The van der Waals surface area contributed by atoms with Gasteiger partial charge < -0.3 is 9.69 Å². The molecule has 0 amide bonds. The maximum atomic E-state index is 9.43. The minimum atomic E-state index is -0.111. The van der Waals surface area contributed by atoms with Crippen molar-refractivity contribution in [3.63, 3.8) is 0 Å². The van der Waals surface area contributed by atoms with E-state index in [0.29, 0.717) is 21.5 Å². The Morgan fingerprint density at radius 1 is 0.600 bits per heavy atom. The molecule has 8 heteroatoms. The molecule has 0 bridgehead atoms. The second kappa shape index (κ2) is 6.56. The fraction of sp³-hybridized carbons (Fsp3) is 0. The zero-order valence-electron chi connectivity index (χ0n) is 14.9. The van der Waals surface area contributed by atoms with Crippen LogP contribution in [0, 0.1) is 53.7 Å². The topological polar surface area (TPSA) is 110 Å². The van der Waals surface area contributed by atoms with E-state index in [1.807, 2.05) is 18.2 Å².